The molecule has 2 aromatic heterocycles. The van der Waals surface area contributed by atoms with E-state index in [-0.39, 0.29) is 5.91 Å². The van der Waals surface area contributed by atoms with Gasteiger partial charge in [0.05, 0.1) is 23.1 Å². The molecular weight excluding hydrogens is 396 g/mol. The maximum Gasteiger partial charge on any atom is 0.248 e. The molecule has 3 aromatic rings. The number of benzene rings is 1. The fourth-order valence-electron chi connectivity index (χ4n) is 3.31. The average Bonchev–Trinajstić information content (AvgIpc) is 3.21. The van der Waals surface area contributed by atoms with Crippen LogP contribution >= 0.6 is 11.3 Å². The number of carbonyl (C=O) groups is 1. The Hall–Kier alpha value is -2.87. The molecule has 0 unspecified atom stereocenters. The molecule has 4 rings (SSSR count). The van der Waals surface area contributed by atoms with Gasteiger partial charge in [-0.05, 0) is 36.8 Å². The van der Waals surface area contributed by atoms with Crippen molar-refractivity contribution in [3.63, 3.8) is 0 Å². The molecule has 1 aliphatic rings. The van der Waals surface area contributed by atoms with Gasteiger partial charge in [0, 0.05) is 61.1 Å². The minimum Gasteiger partial charge on any atom is -0.379 e. The van der Waals surface area contributed by atoms with Crippen LogP contribution in [-0.2, 0) is 16.1 Å². The van der Waals surface area contributed by atoms with Crippen LogP contribution < -0.4 is 5.32 Å². The number of ether oxygens (including phenoxy) is 1. The number of aromatic nitrogens is 2. The van der Waals surface area contributed by atoms with Gasteiger partial charge in [-0.3, -0.25) is 14.7 Å². The van der Waals surface area contributed by atoms with Crippen LogP contribution in [0.4, 0.5) is 5.69 Å². The summed E-state index contributed by atoms with van der Waals surface area (Å²) in [5.74, 6) is -0.175. The van der Waals surface area contributed by atoms with E-state index in [4.69, 9.17) is 4.74 Å². The van der Waals surface area contributed by atoms with Crippen LogP contribution in [0.15, 0.2) is 55.0 Å². The van der Waals surface area contributed by atoms with Gasteiger partial charge in [-0.2, -0.15) is 0 Å². The number of thiazole rings is 1. The highest BCUT2D eigenvalue weighted by Crippen LogP contribution is 2.29. The third-order valence-electron chi connectivity index (χ3n) is 4.88. The van der Waals surface area contributed by atoms with Gasteiger partial charge in [0.2, 0.25) is 5.91 Å². The monoisotopic (exact) mass is 420 g/mol. The highest BCUT2D eigenvalue weighted by atomic mass is 32.1. The second-order valence-electron chi connectivity index (χ2n) is 7.11. The molecule has 1 aromatic carbocycles. The van der Waals surface area contributed by atoms with Gasteiger partial charge in [-0.25, -0.2) is 4.98 Å². The Balaban J connectivity index is 1.37. The summed E-state index contributed by atoms with van der Waals surface area (Å²) < 4.78 is 5.39. The van der Waals surface area contributed by atoms with Crippen LogP contribution in [0.1, 0.15) is 16.1 Å². The number of rotatable bonds is 6. The Morgan fingerprint density at radius 1 is 1.20 bits per heavy atom. The van der Waals surface area contributed by atoms with Crippen LogP contribution in [0.5, 0.6) is 0 Å². The first kappa shape index (κ1) is 20.4. The second-order valence-corrected chi connectivity index (χ2v) is 8.35. The summed E-state index contributed by atoms with van der Waals surface area (Å²) in [6.45, 7) is 6.38. The maximum atomic E-state index is 12.4. The summed E-state index contributed by atoms with van der Waals surface area (Å²) >= 11 is 1.62. The van der Waals surface area contributed by atoms with Gasteiger partial charge in [0.1, 0.15) is 0 Å². The quantitative estimate of drug-likeness (QED) is 0.611. The number of hydrogen-bond donors (Lipinski definition) is 1. The van der Waals surface area contributed by atoms with Crippen molar-refractivity contribution >= 4 is 29.0 Å². The molecule has 1 aliphatic heterocycles. The molecule has 0 atom stereocenters. The lowest BCUT2D eigenvalue weighted by Crippen LogP contribution is -2.35. The highest BCUT2D eigenvalue weighted by Gasteiger charge is 2.11. The third-order valence-corrected chi connectivity index (χ3v) is 5.83. The molecular formula is C23H24N4O2S. The molecule has 3 heterocycles. The predicted molar refractivity (Wildman–Crippen MR) is 120 cm³/mol. The number of hydrogen-bond acceptors (Lipinski definition) is 6. The van der Waals surface area contributed by atoms with Crippen molar-refractivity contribution < 1.29 is 9.53 Å². The number of anilines is 1. The molecule has 154 valence electrons. The second kappa shape index (κ2) is 9.75. The molecule has 6 nitrogen and oxygen atoms in total. The van der Waals surface area contributed by atoms with Gasteiger partial charge in [0.15, 0.2) is 0 Å². The number of pyridine rings is 1. The van der Waals surface area contributed by atoms with E-state index in [0.717, 1.165) is 59.5 Å². The number of morpholine rings is 1. The largest absolute Gasteiger partial charge is 0.379 e. The van der Waals surface area contributed by atoms with E-state index < -0.39 is 0 Å². The molecule has 1 fully saturated rings. The molecule has 1 saturated heterocycles. The van der Waals surface area contributed by atoms with E-state index in [0.29, 0.717) is 0 Å². The number of aryl methyl sites for hydroxylation is 1. The maximum absolute atomic E-state index is 12.4. The lowest BCUT2D eigenvalue weighted by molar-refractivity contribution is -0.111. The van der Waals surface area contributed by atoms with Gasteiger partial charge in [0.25, 0.3) is 0 Å². The first-order valence-corrected chi connectivity index (χ1v) is 10.7. The molecule has 7 heteroatoms. The van der Waals surface area contributed by atoms with Crippen LogP contribution in [0.25, 0.3) is 16.5 Å². The standard InChI is InChI=1S/C23H24N4O2S/c1-17-25-15-22(30-17)21-8-9-24-14-19(21)4-7-23(28)26-20-5-2-18(3-6-20)16-27-10-12-29-13-11-27/h2-9,14-15H,10-13,16H2,1H3,(H,26,28)/b7-4+. The van der Waals surface area contributed by atoms with Gasteiger partial charge < -0.3 is 10.1 Å². The smallest absolute Gasteiger partial charge is 0.248 e. The van der Waals surface area contributed by atoms with Crippen molar-refractivity contribution in [1.29, 1.82) is 0 Å². The fourth-order valence-corrected chi connectivity index (χ4v) is 4.14. The summed E-state index contributed by atoms with van der Waals surface area (Å²) in [4.78, 5) is 24.3. The summed E-state index contributed by atoms with van der Waals surface area (Å²) in [5, 5.41) is 3.92. The van der Waals surface area contributed by atoms with Crippen molar-refractivity contribution in [3.05, 3.63) is 71.1 Å². The molecule has 0 spiro atoms. The topological polar surface area (TPSA) is 67.4 Å². The van der Waals surface area contributed by atoms with E-state index in [1.807, 2.05) is 31.3 Å². The Morgan fingerprint density at radius 3 is 2.73 bits per heavy atom. The zero-order chi connectivity index (χ0) is 20.8. The number of nitrogens with one attached hydrogen (secondary N) is 1. The minimum absolute atomic E-state index is 0.175. The SMILES string of the molecule is Cc1ncc(-c2ccncc2/C=C/C(=O)Nc2ccc(CN3CCOCC3)cc2)s1. The third kappa shape index (κ3) is 5.38. The Morgan fingerprint density at radius 2 is 2.00 bits per heavy atom. The number of amides is 1. The van der Waals surface area contributed by atoms with Crippen molar-refractivity contribution in [1.82, 2.24) is 14.9 Å². The zero-order valence-corrected chi connectivity index (χ0v) is 17.7. The number of nitrogens with zero attached hydrogens (tertiary/aromatic N) is 3. The summed E-state index contributed by atoms with van der Waals surface area (Å²) in [7, 11) is 0. The summed E-state index contributed by atoms with van der Waals surface area (Å²) in [6, 6.07) is 9.94. The predicted octanol–water partition coefficient (Wildman–Crippen LogP) is 4.00. The van der Waals surface area contributed by atoms with Gasteiger partial charge in [-0.1, -0.05) is 12.1 Å². The molecule has 1 N–H and O–H groups in total. The average molecular weight is 421 g/mol. The van der Waals surface area contributed by atoms with E-state index in [2.05, 4.69) is 32.3 Å². The molecule has 0 aliphatic carbocycles. The van der Waals surface area contributed by atoms with E-state index in [1.165, 1.54) is 11.6 Å². The van der Waals surface area contributed by atoms with Crippen LogP contribution in [0, 0.1) is 6.92 Å². The Kier molecular flexibility index (Phi) is 6.63. The first-order chi connectivity index (χ1) is 14.7. The summed E-state index contributed by atoms with van der Waals surface area (Å²) in [5.41, 5.74) is 3.91. The highest BCUT2D eigenvalue weighted by molar-refractivity contribution is 7.15. The van der Waals surface area contributed by atoms with Crippen molar-refractivity contribution in [2.75, 3.05) is 31.6 Å². The summed E-state index contributed by atoms with van der Waals surface area (Å²) in [6.07, 6.45) is 8.69. The molecule has 0 saturated carbocycles. The first-order valence-electron chi connectivity index (χ1n) is 9.92. The normalized spacial score (nSPS) is 14.8. The molecule has 1 amide bonds. The Labute approximate surface area is 180 Å². The van der Waals surface area contributed by atoms with E-state index in [9.17, 15) is 4.79 Å². The van der Waals surface area contributed by atoms with Crippen LogP contribution in [0.3, 0.4) is 0 Å². The molecule has 0 bridgehead atoms. The lowest BCUT2D eigenvalue weighted by Gasteiger charge is -2.26. The van der Waals surface area contributed by atoms with E-state index in [1.54, 1.807) is 29.8 Å². The zero-order valence-electron chi connectivity index (χ0n) is 16.9. The van der Waals surface area contributed by atoms with Crippen molar-refractivity contribution in [3.8, 4) is 10.4 Å². The lowest BCUT2D eigenvalue weighted by atomic mass is 10.1. The van der Waals surface area contributed by atoms with Crippen LogP contribution in [0.2, 0.25) is 0 Å². The number of carbonyl (C=O) groups excluding carboxylic acids is 1. The van der Waals surface area contributed by atoms with Gasteiger partial charge >= 0.3 is 0 Å². The van der Waals surface area contributed by atoms with Crippen LogP contribution in [-0.4, -0.2) is 47.1 Å². The van der Waals surface area contributed by atoms with Gasteiger partial charge in [-0.15, -0.1) is 11.3 Å². The Bertz CT molecular complexity index is 1020. The van der Waals surface area contributed by atoms with Crippen molar-refractivity contribution in [2.45, 2.75) is 13.5 Å². The fraction of sp³-hybridized carbons (Fsp3) is 0.261. The van der Waals surface area contributed by atoms with Crippen molar-refractivity contribution in [2.24, 2.45) is 0 Å². The molecule has 0 radical (unpaired) electrons. The van der Waals surface area contributed by atoms with E-state index >= 15 is 0 Å². The molecule has 30 heavy (non-hydrogen) atoms. The minimum atomic E-state index is -0.175.